The second-order valence-electron chi connectivity index (χ2n) is 7.89. The van der Waals surface area contributed by atoms with Gasteiger partial charge in [0.2, 0.25) is 5.91 Å². The van der Waals surface area contributed by atoms with Gasteiger partial charge in [-0.25, -0.2) is 0 Å². The van der Waals surface area contributed by atoms with Crippen molar-refractivity contribution in [2.75, 3.05) is 5.75 Å². The number of carbonyl (C=O) groups is 1. The zero-order valence-electron chi connectivity index (χ0n) is 17.6. The van der Waals surface area contributed by atoms with Gasteiger partial charge in [-0.1, -0.05) is 72.4 Å². The Bertz CT molecular complexity index is 1120. The molecule has 0 saturated heterocycles. The number of hydrogen-bond donors (Lipinski definition) is 1. The maximum atomic E-state index is 12.9. The van der Waals surface area contributed by atoms with E-state index >= 15 is 0 Å². The van der Waals surface area contributed by atoms with E-state index in [0.29, 0.717) is 12.5 Å². The van der Waals surface area contributed by atoms with Crippen LogP contribution in [0.25, 0.3) is 0 Å². The average molecular weight is 445 g/mol. The fourth-order valence-electron chi connectivity index (χ4n) is 3.74. The molecule has 162 valence electrons. The quantitative estimate of drug-likeness (QED) is 0.376. The molecule has 1 saturated carbocycles. The molecule has 0 atom stereocenters. The molecule has 32 heavy (non-hydrogen) atoms. The van der Waals surface area contributed by atoms with Crippen LogP contribution in [0.1, 0.15) is 47.5 Å². The van der Waals surface area contributed by atoms with Gasteiger partial charge in [-0.15, -0.1) is 10.2 Å². The van der Waals surface area contributed by atoms with E-state index < -0.39 is 0 Å². The molecule has 2 heterocycles. The lowest BCUT2D eigenvalue weighted by atomic mass is 9.99. The molecule has 2 aromatic carbocycles. The van der Waals surface area contributed by atoms with Gasteiger partial charge in [0.25, 0.3) is 0 Å². The molecule has 1 aliphatic rings. The van der Waals surface area contributed by atoms with Crippen LogP contribution in [0.5, 0.6) is 0 Å². The fourth-order valence-corrected chi connectivity index (χ4v) is 4.50. The Labute approximate surface area is 191 Å². The zero-order chi connectivity index (χ0) is 21.8. The summed E-state index contributed by atoms with van der Waals surface area (Å²) in [6.07, 6.45) is 3.94. The lowest BCUT2D eigenvalue weighted by Gasteiger charge is -2.20. The van der Waals surface area contributed by atoms with Gasteiger partial charge < -0.3 is 9.73 Å². The van der Waals surface area contributed by atoms with Crippen LogP contribution < -0.4 is 5.32 Å². The first kappa shape index (κ1) is 20.6. The standard InChI is InChI=1S/C25H24N4O2S/c30-22(26-23(18-8-3-1-4-9-18)19-10-5-2-6-11-19)17-32-25-28-27-24(20-13-14-20)29(25)16-21-12-7-15-31-21/h1-12,15,20,23H,13-14,16-17H2,(H,26,30). The number of rotatable bonds is 9. The van der Waals surface area contributed by atoms with E-state index in [2.05, 4.69) is 20.1 Å². The number of benzene rings is 2. The second-order valence-corrected chi connectivity index (χ2v) is 8.83. The monoisotopic (exact) mass is 444 g/mol. The summed E-state index contributed by atoms with van der Waals surface area (Å²) in [4.78, 5) is 12.9. The van der Waals surface area contributed by atoms with Gasteiger partial charge in [0.15, 0.2) is 5.16 Å². The molecule has 1 N–H and O–H groups in total. The first-order valence-corrected chi connectivity index (χ1v) is 11.7. The number of furan rings is 1. The predicted molar refractivity (Wildman–Crippen MR) is 123 cm³/mol. The summed E-state index contributed by atoms with van der Waals surface area (Å²) in [6.45, 7) is 0.576. The maximum Gasteiger partial charge on any atom is 0.231 e. The summed E-state index contributed by atoms with van der Waals surface area (Å²) >= 11 is 1.41. The highest BCUT2D eigenvalue weighted by Crippen LogP contribution is 2.40. The zero-order valence-corrected chi connectivity index (χ0v) is 18.4. The number of hydrogen-bond acceptors (Lipinski definition) is 5. The molecule has 5 rings (SSSR count). The summed E-state index contributed by atoms with van der Waals surface area (Å²) in [5.41, 5.74) is 2.10. The maximum absolute atomic E-state index is 12.9. The Balaban J connectivity index is 1.30. The second kappa shape index (κ2) is 9.44. The summed E-state index contributed by atoms with van der Waals surface area (Å²) in [6, 6.07) is 23.7. The number of nitrogens with zero attached hydrogens (tertiary/aromatic N) is 3. The molecular weight excluding hydrogens is 420 g/mol. The van der Waals surface area contributed by atoms with E-state index in [9.17, 15) is 4.79 Å². The van der Waals surface area contributed by atoms with Crippen molar-refractivity contribution in [3.8, 4) is 0 Å². The Hall–Kier alpha value is -3.32. The summed E-state index contributed by atoms with van der Waals surface area (Å²) in [5.74, 6) is 2.51. The van der Waals surface area contributed by atoms with Crippen LogP contribution >= 0.6 is 11.8 Å². The van der Waals surface area contributed by atoms with E-state index in [1.165, 1.54) is 11.8 Å². The highest BCUT2D eigenvalue weighted by atomic mass is 32.2. The van der Waals surface area contributed by atoms with Crippen LogP contribution in [0.2, 0.25) is 0 Å². The minimum Gasteiger partial charge on any atom is -0.467 e. The molecule has 0 aliphatic heterocycles. The largest absolute Gasteiger partial charge is 0.467 e. The van der Waals surface area contributed by atoms with Crippen molar-refractivity contribution in [1.29, 1.82) is 0 Å². The van der Waals surface area contributed by atoms with Crippen LogP contribution in [0.3, 0.4) is 0 Å². The first-order chi connectivity index (χ1) is 15.8. The SMILES string of the molecule is O=C(CSc1nnc(C2CC2)n1Cc1ccco1)NC(c1ccccc1)c1ccccc1. The van der Waals surface area contributed by atoms with Crippen LogP contribution in [0.4, 0.5) is 0 Å². The van der Waals surface area contributed by atoms with Gasteiger partial charge in [0.05, 0.1) is 24.6 Å². The van der Waals surface area contributed by atoms with Crippen molar-refractivity contribution in [2.24, 2.45) is 0 Å². The molecule has 7 heteroatoms. The highest BCUT2D eigenvalue weighted by Gasteiger charge is 2.31. The third-order valence-electron chi connectivity index (χ3n) is 5.49. The van der Waals surface area contributed by atoms with Crippen molar-refractivity contribution in [1.82, 2.24) is 20.1 Å². The van der Waals surface area contributed by atoms with Gasteiger partial charge in [0, 0.05) is 5.92 Å². The van der Waals surface area contributed by atoms with E-state index in [1.54, 1.807) is 6.26 Å². The average Bonchev–Trinajstić information content (AvgIpc) is 3.40. The third kappa shape index (κ3) is 4.78. The molecule has 4 aromatic rings. The molecule has 0 spiro atoms. The minimum absolute atomic E-state index is 0.0479. The van der Waals surface area contributed by atoms with E-state index in [-0.39, 0.29) is 17.7 Å². The van der Waals surface area contributed by atoms with E-state index in [0.717, 1.165) is 40.7 Å². The number of aromatic nitrogens is 3. The third-order valence-corrected chi connectivity index (χ3v) is 6.45. The van der Waals surface area contributed by atoms with Gasteiger partial charge in [0.1, 0.15) is 11.6 Å². The number of nitrogens with one attached hydrogen (secondary N) is 1. The molecule has 6 nitrogen and oxygen atoms in total. The van der Waals surface area contributed by atoms with Crippen molar-refractivity contribution in [3.05, 3.63) is 102 Å². The number of carbonyl (C=O) groups excluding carboxylic acids is 1. The topological polar surface area (TPSA) is 73.0 Å². The van der Waals surface area contributed by atoms with Gasteiger partial charge in [-0.3, -0.25) is 9.36 Å². The molecule has 2 aromatic heterocycles. The summed E-state index contributed by atoms with van der Waals surface area (Å²) in [7, 11) is 0. The normalized spacial score (nSPS) is 13.4. The predicted octanol–water partition coefficient (Wildman–Crippen LogP) is 4.79. The number of amides is 1. The van der Waals surface area contributed by atoms with Crippen molar-refractivity contribution in [2.45, 2.75) is 36.5 Å². The molecular formula is C25H24N4O2S. The Morgan fingerprint density at radius 1 is 1.00 bits per heavy atom. The molecule has 0 bridgehead atoms. The van der Waals surface area contributed by atoms with Crippen LogP contribution in [-0.2, 0) is 11.3 Å². The van der Waals surface area contributed by atoms with Crippen LogP contribution in [0, 0.1) is 0 Å². The smallest absolute Gasteiger partial charge is 0.231 e. The van der Waals surface area contributed by atoms with E-state index in [1.807, 2.05) is 72.8 Å². The van der Waals surface area contributed by atoms with Crippen molar-refractivity contribution in [3.63, 3.8) is 0 Å². The molecule has 1 fully saturated rings. The van der Waals surface area contributed by atoms with Crippen molar-refractivity contribution < 1.29 is 9.21 Å². The lowest BCUT2D eigenvalue weighted by molar-refractivity contribution is -0.119. The van der Waals surface area contributed by atoms with Crippen molar-refractivity contribution >= 4 is 17.7 Å². The molecule has 1 aliphatic carbocycles. The highest BCUT2D eigenvalue weighted by molar-refractivity contribution is 7.99. The van der Waals surface area contributed by atoms with Gasteiger partial charge in [-0.05, 0) is 36.1 Å². The Morgan fingerprint density at radius 3 is 2.28 bits per heavy atom. The summed E-state index contributed by atoms with van der Waals surface area (Å²) in [5, 5.41) is 12.7. The Kier molecular flexibility index (Phi) is 6.07. The summed E-state index contributed by atoms with van der Waals surface area (Å²) < 4.78 is 7.61. The Morgan fingerprint density at radius 2 is 1.69 bits per heavy atom. The van der Waals surface area contributed by atoms with Crippen LogP contribution in [0.15, 0.2) is 88.6 Å². The van der Waals surface area contributed by atoms with Crippen LogP contribution in [-0.4, -0.2) is 26.4 Å². The van der Waals surface area contributed by atoms with E-state index in [4.69, 9.17) is 4.42 Å². The van der Waals surface area contributed by atoms with Gasteiger partial charge in [-0.2, -0.15) is 0 Å². The van der Waals surface area contributed by atoms with Gasteiger partial charge >= 0.3 is 0 Å². The number of thioether (sulfide) groups is 1. The first-order valence-electron chi connectivity index (χ1n) is 10.8. The lowest BCUT2D eigenvalue weighted by Crippen LogP contribution is -2.30. The molecule has 0 radical (unpaired) electrons. The minimum atomic E-state index is -0.200. The fraction of sp³-hybridized carbons (Fsp3) is 0.240. The molecule has 0 unspecified atom stereocenters. The molecule has 1 amide bonds.